The van der Waals surface area contributed by atoms with Gasteiger partial charge in [-0.05, 0) is 70.6 Å². The van der Waals surface area contributed by atoms with Crippen LogP contribution in [0.3, 0.4) is 0 Å². The van der Waals surface area contributed by atoms with Crippen LogP contribution in [0.5, 0.6) is 0 Å². The van der Waals surface area contributed by atoms with Gasteiger partial charge in [-0.2, -0.15) is 0 Å². The maximum atomic E-state index is 14.1. The average molecular weight is 384 g/mol. The maximum absolute atomic E-state index is 14.1. The Morgan fingerprint density at radius 3 is 2.71 bits per heavy atom. The molecule has 1 unspecified atom stereocenters. The highest BCUT2D eigenvalue weighted by atomic mass is 19.1. The van der Waals surface area contributed by atoms with Crippen molar-refractivity contribution in [3.05, 3.63) is 46.7 Å². The smallest absolute Gasteiger partial charge is 0.133 e. The zero-order valence-electron chi connectivity index (χ0n) is 16.7. The molecule has 1 aliphatic heterocycles. The van der Waals surface area contributed by atoms with Crippen molar-refractivity contribution >= 4 is 11.5 Å². The fourth-order valence-corrected chi connectivity index (χ4v) is 4.39. The summed E-state index contributed by atoms with van der Waals surface area (Å²) < 4.78 is 14.1. The predicted molar refractivity (Wildman–Crippen MR) is 109 cm³/mol. The molecule has 0 spiro atoms. The van der Waals surface area contributed by atoms with Gasteiger partial charge in [-0.25, -0.2) is 14.4 Å². The molecule has 1 aliphatic carbocycles. The van der Waals surface area contributed by atoms with Gasteiger partial charge >= 0.3 is 0 Å². The van der Waals surface area contributed by atoms with E-state index in [0.29, 0.717) is 0 Å². The molecule has 0 amide bonds. The number of rotatable bonds is 4. The molecule has 2 N–H and O–H groups in total. The highest BCUT2D eigenvalue weighted by Gasteiger charge is 2.23. The third-order valence-corrected chi connectivity index (χ3v) is 5.91. The highest BCUT2D eigenvalue weighted by Crippen LogP contribution is 2.33. The van der Waals surface area contributed by atoms with Crippen LogP contribution in [-0.4, -0.2) is 34.3 Å². The van der Waals surface area contributed by atoms with Gasteiger partial charge in [0.15, 0.2) is 0 Å². The lowest BCUT2D eigenvalue weighted by Gasteiger charge is -2.34. The van der Waals surface area contributed by atoms with E-state index in [1.165, 1.54) is 18.1 Å². The summed E-state index contributed by atoms with van der Waals surface area (Å²) in [6.07, 6.45) is 5.59. The van der Waals surface area contributed by atoms with Crippen molar-refractivity contribution in [1.29, 1.82) is 0 Å². The summed E-state index contributed by atoms with van der Waals surface area (Å²) in [7, 11) is 0. The van der Waals surface area contributed by atoms with Gasteiger partial charge in [0.05, 0.1) is 12.1 Å². The average Bonchev–Trinajstić information content (AvgIpc) is 2.68. The molecular weight excluding hydrogens is 355 g/mol. The number of piperidine rings is 1. The van der Waals surface area contributed by atoms with Crippen molar-refractivity contribution < 1.29 is 9.50 Å². The van der Waals surface area contributed by atoms with Gasteiger partial charge in [0.25, 0.3) is 0 Å². The molecule has 1 aromatic carbocycles. The van der Waals surface area contributed by atoms with Crippen LogP contribution in [0.25, 0.3) is 0 Å². The third-order valence-electron chi connectivity index (χ3n) is 5.91. The number of fused-ring (bicyclic) bond motifs is 1. The number of nitrogens with zero attached hydrogens (tertiary/aromatic N) is 3. The summed E-state index contributed by atoms with van der Waals surface area (Å²) in [6.45, 7) is 5.56. The topological polar surface area (TPSA) is 61.3 Å². The van der Waals surface area contributed by atoms with E-state index >= 15 is 0 Å². The van der Waals surface area contributed by atoms with Crippen LogP contribution in [0.15, 0.2) is 18.2 Å². The van der Waals surface area contributed by atoms with Gasteiger partial charge in [0.1, 0.15) is 17.5 Å². The van der Waals surface area contributed by atoms with Crippen LogP contribution in [0.4, 0.5) is 15.9 Å². The van der Waals surface area contributed by atoms with Gasteiger partial charge in [0, 0.05) is 35.6 Å². The summed E-state index contributed by atoms with van der Waals surface area (Å²) in [5, 5.41) is 13.4. The van der Waals surface area contributed by atoms with E-state index < -0.39 is 0 Å². The van der Waals surface area contributed by atoms with E-state index in [1.807, 2.05) is 13.0 Å². The summed E-state index contributed by atoms with van der Waals surface area (Å²) in [6, 6.07) is 4.92. The predicted octanol–water partition coefficient (Wildman–Crippen LogP) is 3.94. The normalized spacial score (nSPS) is 18.6. The Morgan fingerprint density at radius 2 is 1.93 bits per heavy atom. The second-order valence-electron chi connectivity index (χ2n) is 8.04. The number of nitrogens with one attached hydrogen (secondary N) is 1. The minimum atomic E-state index is -0.231. The molecule has 2 aromatic rings. The Morgan fingerprint density at radius 1 is 1.18 bits per heavy atom. The standard InChI is InChI=1S/C22H29FN4O/c1-14(24-22-18-5-3-4-6-20(18)25-15(2)26-22)19-13-16(23)7-8-21(19)27-11-9-17(28)10-12-27/h7-8,13-14,17,28H,3-6,9-12H2,1-2H3,(H,24,25,26). The second kappa shape index (κ2) is 8.03. The first-order chi connectivity index (χ1) is 13.5. The molecule has 0 saturated carbocycles. The van der Waals surface area contributed by atoms with Gasteiger partial charge in [-0.3, -0.25) is 0 Å². The summed E-state index contributed by atoms with van der Waals surface area (Å²) in [4.78, 5) is 11.5. The van der Waals surface area contributed by atoms with Crippen molar-refractivity contribution in [2.75, 3.05) is 23.3 Å². The monoisotopic (exact) mass is 384 g/mol. The number of halogens is 1. The van der Waals surface area contributed by atoms with E-state index in [9.17, 15) is 9.50 Å². The Kier molecular flexibility index (Phi) is 5.49. The van der Waals surface area contributed by atoms with Crippen molar-refractivity contribution in [3.8, 4) is 0 Å². The summed E-state index contributed by atoms with van der Waals surface area (Å²) >= 11 is 0. The van der Waals surface area contributed by atoms with Gasteiger partial charge in [0.2, 0.25) is 0 Å². The van der Waals surface area contributed by atoms with Crippen molar-refractivity contribution in [2.45, 2.75) is 64.5 Å². The molecule has 28 heavy (non-hydrogen) atoms. The number of aromatic nitrogens is 2. The number of hydrogen-bond donors (Lipinski definition) is 2. The number of aliphatic hydroxyl groups is 1. The molecule has 0 bridgehead atoms. The van der Waals surface area contributed by atoms with E-state index in [-0.39, 0.29) is 18.0 Å². The van der Waals surface area contributed by atoms with Crippen LogP contribution >= 0.6 is 0 Å². The Labute approximate surface area is 166 Å². The molecule has 0 radical (unpaired) electrons. The van der Waals surface area contributed by atoms with E-state index in [0.717, 1.165) is 73.8 Å². The van der Waals surface area contributed by atoms with Crippen LogP contribution in [0.1, 0.15) is 61.3 Å². The first kappa shape index (κ1) is 19.1. The molecule has 1 fully saturated rings. The Balaban J connectivity index is 1.63. The molecule has 1 aromatic heterocycles. The number of hydrogen-bond acceptors (Lipinski definition) is 5. The highest BCUT2D eigenvalue weighted by molar-refractivity contribution is 5.58. The largest absolute Gasteiger partial charge is 0.393 e. The molecule has 150 valence electrons. The Bertz CT molecular complexity index is 849. The fraction of sp³-hybridized carbons (Fsp3) is 0.545. The number of aryl methyl sites for hydroxylation is 2. The van der Waals surface area contributed by atoms with Crippen molar-refractivity contribution in [3.63, 3.8) is 0 Å². The zero-order chi connectivity index (χ0) is 19.7. The SMILES string of the molecule is Cc1nc2c(c(NC(C)c3cc(F)ccc3N3CCC(O)CC3)n1)CCCC2. The first-order valence-corrected chi connectivity index (χ1v) is 10.4. The number of anilines is 2. The fourth-order valence-electron chi connectivity index (χ4n) is 4.39. The molecule has 1 atom stereocenters. The van der Waals surface area contributed by atoms with Crippen molar-refractivity contribution in [2.24, 2.45) is 0 Å². The van der Waals surface area contributed by atoms with Gasteiger partial charge in [-0.1, -0.05) is 0 Å². The minimum absolute atomic E-state index is 0.0853. The lowest BCUT2D eigenvalue weighted by atomic mass is 9.95. The molecule has 4 rings (SSSR count). The Hall–Kier alpha value is -2.21. The quantitative estimate of drug-likeness (QED) is 0.836. The third kappa shape index (κ3) is 3.97. The lowest BCUT2D eigenvalue weighted by Crippen LogP contribution is -2.36. The minimum Gasteiger partial charge on any atom is -0.393 e. The van der Waals surface area contributed by atoms with Crippen LogP contribution in [0, 0.1) is 12.7 Å². The van der Waals surface area contributed by atoms with Crippen LogP contribution < -0.4 is 10.2 Å². The first-order valence-electron chi connectivity index (χ1n) is 10.4. The lowest BCUT2D eigenvalue weighted by molar-refractivity contribution is 0.145. The number of aliphatic hydroxyl groups excluding tert-OH is 1. The van der Waals surface area contributed by atoms with Gasteiger partial charge < -0.3 is 15.3 Å². The van der Waals surface area contributed by atoms with E-state index in [2.05, 4.69) is 27.1 Å². The van der Waals surface area contributed by atoms with E-state index in [1.54, 1.807) is 6.07 Å². The molecule has 5 nitrogen and oxygen atoms in total. The van der Waals surface area contributed by atoms with Gasteiger partial charge in [-0.15, -0.1) is 0 Å². The van der Waals surface area contributed by atoms with Crippen LogP contribution in [0.2, 0.25) is 0 Å². The molecule has 1 saturated heterocycles. The molecule has 2 heterocycles. The van der Waals surface area contributed by atoms with E-state index in [4.69, 9.17) is 0 Å². The summed E-state index contributed by atoms with van der Waals surface area (Å²) in [5.41, 5.74) is 4.32. The zero-order valence-corrected chi connectivity index (χ0v) is 16.7. The van der Waals surface area contributed by atoms with Crippen LogP contribution in [-0.2, 0) is 12.8 Å². The van der Waals surface area contributed by atoms with Crippen molar-refractivity contribution in [1.82, 2.24) is 9.97 Å². The number of benzene rings is 1. The second-order valence-corrected chi connectivity index (χ2v) is 8.04. The molecule has 2 aliphatic rings. The molecular formula is C22H29FN4O. The summed E-state index contributed by atoms with van der Waals surface area (Å²) in [5.74, 6) is 1.43. The molecule has 6 heteroatoms. The maximum Gasteiger partial charge on any atom is 0.133 e.